The van der Waals surface area contributed by atoms with Crippen molar-refractivity contribution in [3.05, 3.63) is 0 Å². The zero-order chi connectivity index (χ0) is 6.91. The molecular formula is C7H11NO. The molecule has 0 aromatic heterocycles. The Morgan fingerprint density at radius 1 is 1.78 bits per heavy atom. The number of hydrogen-bond donors (Lipinski definition) is 0. The van der Waals surface area contributed by atoms with Crippen LogP contribution in [0.25, 0.3) is 0 Å². The predicted molar refractivity (Wildman–Crippen MR) is 33.8 cm³/mol. The van der Waals surface area contributed by atoms with Gasteiger partial charge in [-0.15, -0.1) is 0 Å². The van der Waals surface area contributed by atoms with Crippen LogP contribution in [0, 0.1) is 11.3 Å². The third kappa shape index (κ3) is 1.22. The highest BCUT2D eigenvalue weighted by Crippen LogP contribution is 2.28. The summed E-state index contributed by atoms with van der Waals surface area (Å²) in [6.45, 7) is 3.85. The van der Waals surface area contributed by atoms with Gasteiger partial charge < -0.3 is 4.74 Å². The molecule has 1 saturated heterocycles. The zero-order valence-corrected chi connectivity index (χ0v) is 5.85. The summed E-state index contributed by atoms with van der Waals surface area (Å²) in [7, 11) is 0. The van der Waals surface area contributed by atoms with E-state index in [0.29, 0.717) is 0 Å². The molecule has 2 atom stereocenters. The molecule has 1 aliphatic rings. The lowest BCUT2D eigenvalue weighted by Gasteiger charge is -2.13. The Bertz CT molecular complexity index is 149. The van der Waals surface area contributed by atoms with Gasteiger partial charge in [-0.2, -0.15) is 5.26 Å². The fraction of sp³-hybridized carbons (Fsp3) is 0.857. The van der Waals surface area contributed by atoms with Gasteiger partial charge >= 0.3 is 0 Å². The van der Waals surface area contributed by atoms with Gasteiger partial charge in [-0.25, -0.2) is 0 Å². The number of nitrogens with zero attached hydrogens (tertiary/aromatic N) is 1. The minimum Gasteiger partial charge on any atom is -0.357 e. The number of hydrogen-bond acceptors (Lipinski definition) is 2. The Morgan fingerprint density at radius 3 is 2.67 bits per heavy atom. The molecule has 2 heteroatoms. The van der Waals surface area contributed by atoms with Crippen molar-refractivity contribution < 1.29 is 4.74 Å². The fourth-order valence-electron chi connectivity index (χ4n) is 1.12. The van der Waals surface area contributed by atoms with Crippen LogP contribution in [0.1, 0.15) is 26.7 Å². The average molecular weight is 125 g/mol. The summed E-state index contributed by atoms with van der Waals surface area (Å²) in [5, 5.41) is 8.57. The van der Waals surface area contributed by atoms with E-state index in [9.17, 15) is 0 Å². The van der Waals surface area contributed by atoms with Crippen molar-refractivity contribution in [3.63, 3.8) is 0 Å². The Balaban J connectivity index is 2.58. The molecule has 2 unspecified atom stereocenters. The van der Waals surface area contributed by atoms with E-state index in [2.05, 4.69) is 6.07 Å². The molecule has 0 radical (unpaired) electrons. The molecule has 9 heavy (non-hydrogen) atoms. The van der Waals surface area contributed by atoms with Crippen LogP contribution in [-0.2, 0) is 4.74 Å². The van der Waals surface area contributed by atoms with Gasteiger partial charge in [-0.3, -0.25) is 0 Å². The van der Waals surface area contributed by atoms with Gasteiger partial charge in [0.2, 0.25) is 0 Å². The molecule has 0 spiro atoms. The molecule has 1 heterocycles. The molecular weight excluding hydrogens is 114 g/mol. The molecule has 1 rings (SSSR count). The van der Waals surface area contributed by atoms with Gasteiger partial charge in [0.05, 0.1) is 12.2 Å². The predicted octanol–water partition coefficient (Wildman–Crippen LogP) is 1.47. The zero-order valence-electron chi connectivity index (χ0n) is 5.85. The summed E-state index contributed by atoms with van der Waals surface area (Å²) in [6.07, 6.45) is 2.17. The van der Waals surface area contributed by atoms with Gasteiger partial charge in [0.25, 0.3) is 0 Å². The molecule has 0 aliphatic carbocycles. The molecule has 0 saturated carbocycles. The third-order valence-electron chi connectivity index (χ3n) is 1.73. The maximum Gasteiger partial charge on any atom is 0.151 e. The van der Waals surface area contributed by atoms with E-state index >= 15 is 0 Å². The van der Waals surface area contributed by atoms with Crippen molar-refractivity contribution in [2.75, 3.05) is 0 Å². The standard InChI is InChI=1S/C7H11NO/c1-6-3-4-7(2,5-8)9-6/h6H,3-4H2,1-2H3. The molecule has 0 bridgehead atoms. The van der Waals surface area contributed by atoms with Crippen molar-refractivity contribution in [3.8, 4) is 6.07 Å². The first-order valence-corrected chi connectivity index (χ1v) is 3.25. The highest BCUT2D eigenvalue weighted by atomic mass is 16.5. The van der Waals surface area contributed by atoms with Gasteiger partial charge in [-0.1, -0.05) is 0 Å². The summed E-state index contributed by atoms with van der Waals surface area (Å²) in [6, 6.07) is 2.15. The Morgan fingerprint density at radius 2 is 2.44 bits per heavy atom. The second-order valence-corrected chi connectivity index (χ2v) is 2.81. The van der Waals surface area contributed by atoms with Crippen molar-refractivity contribution >= 4 is 0 Å². The summed E-state index contributed by atoms with van der Waals surface area (Å²) in [5.41, 5.74) is -0.487. The normalized spacial score (nSPS) is 42.6. The maximum absolute atomic E-state index is 8.57. The van der Waals surface area contributed by atoms with E-state index in [0.717, 1.165) is 12.8 Å². The molecule has 0 amide bonds. The van der Waals surface area contributed by atoms with Crippen LogP contribution >= 0.6 is 0 Å². The van der Waals surface area contributed by atoms with E-state index in [1.165, 1.54) is 0 Å². The first kappa shape index (κ1) is 6.57. The second kappa shape index (κ2) is 2.00. The van der Waals surface area contributed by atoms with Crippen LogP contribution in [-0.4, -0.2) is 11.7 Å². The van der Waals surface area contributed by atoms with Crippen LogP contribution in [0.3, 0.4) is 0 Å². The SMILES string of the molecule is CC1CCC(C)(C#N)O1. The van der Waals surface area contributed by atoms with Crippen LogP contribution in [0.15, 0.2) is 0 Å². The Hall–Kier alpha value is -0.550. The highest BCUT2D eigenvalue weighted by molar-refractivity contribution is 5.01. The smallest absolute Gasteiger partial charge is 0.151 e. The largest absolute Gasteiger partial charge is 0.357 e. The summed E-state index contributed by atoms with van der Waals surface area (Å²) in [5.74, 6) is 0. The number of nitriles is 1. The lowest BCUT2D eigenvalue weighted by atomic mass is 10.1. The molecule has 1 fully saturated rings. The topological polar surface area (TPSA) is 33.0 Å². The Labute approximate surface area is 55.4 Å². The highest BCUT2D eigenvalue weighted by Gasteiger charge is 2.33. The van der Waals surface area contributed by atoms with Crippen LogP contribution in [0.5, 0.6) is 0 Å². The second-order valence-electron chi connectivity index (χ2n) is 2.81. The minimum atomic E-state index is -0.487. The van der Waals surface area contributed by atoms with E-state index in [4.69, 9.17) is 10.00 Å². The summed E-state index contributed by atoms with van der Waals surface area (Å²) < 4.78 is 5.34. The Kier molecular flexibility index (Phi) is 1.46. The molecule has 0 aromatic carbocycles. The van der Waals surface area contributed by atoms with Crippen LogP contribution in [0.2, 0.25) is 0 Å². The maximum atomic E-state index is 8.57. The molecule has 50 valence electrons. The summed E-state index contributed by atoms with van der Waals surface area (Å²) in [4.78, 5) is 0. The van der Waals surface area contributed by atoms with Gasteiger partial charge in [0.15, 0.2) is 5.60 Å². The van der Waals surface area contributed by atoms with Crippen LogP contribution < -0.4 is 0 Å². The fourth-order valence-corrected chi connectivity index (χ4v) is 1.12. The van der Waals surface area contributed by atoms with Crippen molar-refractivity contribution in [2.24, 2.45) is 0 Å². The lowest BCUT2D eigenvalue weighted by Crippen LogP contribution is -2.21. The van der Waals surface area contributed by atoms with Gasteiger partial charge in [0.1, 0.15) is 0 Å². The minimum absolute atomic E-state index is 0.273. The van der Waals surface area contributed by atoms with Gasteiger partial charge in [0, 0.05) is 0 Å². The molecule has 1 aliphatic heterocycles. The average Bonchev–Trinajstić information content (AvgIpc) is 2.13. The first-order chi connectivity index (χ1) is 4.16. The van der Waals surface area contributed by atoms with E-state index in [1.807, 2.05) is 13.8 Å². The monoisotopic (exact) mass is 125 g/mol. The summed E-state index contributed by atoms with van der Waals surface area (Å²) >= 11 is 0. The number of rotatable bonds is 0. The van der Waals surface area contributed by atoms with Gasteiger partial charge in [-0.05, 0) is 26.7 Å². The van der Waals surface area contributed by atoms with Crippen molar-refractivity contribution in [2.45, 2.75) is 38.4 Å². The van der Waals surface area contributed by atoms with E-state index in [-0.39, 0.29) is 6.10 Å². The molecule has 2 nitrogen and oxygen atoms in total. The lowest BCUT2D eigenvalue weighted by molar-refractivity contribution is 0.0194. The van der Waals surface area contributed by atoms with E-state index in [1.54, 1.807) is 0 Å². The number of ether oxygens (including phenoxy) is 1. The third-order valence-corrected chi connectivity index (χ3v) is 1.73. The van der Waals surface area contributed by atoms with E-state index < -0.39 is 5.60 Å². The first-order valence-electron chi connectivity index (χ1n) is 3.25. The molecule has 0 aromatic rings. The quantitative estimate of drug-likeness (QED) is 0.491. The van der Waals surface area contributed by atoms with Crippen molar-refractivity contribution in [1.29, 1.82) is 5.26 Å². The van der Waals surface area contributed by atoms with Crippen molar-refractivity contribution in [1.82, 2.24) is 0 Å². The molecule has 0 N–H and O–H groups in total. The van der Waals surface area contributed by atoms with Crippen LogP contribution in [0.4, 0.5) is 0 Å².